The Hall–Kier alpha value is -3.11. The zero-order chi connectivity index (χ0) is 22.9. The SMILES string of the molecule is O=C(CN1CC2(CC2)c2cc([C@@]3(F)C[C@@H]3C(F)(F)F)ccc2C1=O)Nc1ncc(F)cn1. The highest BCUT2D eigenvalue weighted by atomic mass is 19.4. The van der Waals surface area contributed by atoms with Crippen LogP contribution >= 0.6 is 0 Å². The summed E-state index contributed by atoms with van der Waals surface area (Å²) in [6.45, 7) is -0.103. The number of aromatic nitrogens is 2. The molecule has 6 nitrogen and oxygen atoms in total. The van der Waals surface area contributed by atoms with E-state index in [-0.39, 0.29) is 30.2 Å². The van der Waals surface area contributed by atoms with Crippen molar-refractivity contribution in [3.8, 4) is 0 Å². The molecule has 2 aromatic rings. The molecule has 1 N–H and O–H groups in total. The van der Waals surface area contributed by atoms with E-state index >= 15 is 0 Å². The molecule has 0 radical (unpaired) electrons. The summed E-state index contributed by atoms with van der Waals surface area (Å²) < 4.78 is 66.7. The summed E-state index contributed by atoms with van der Waals surface area (Å²) in [5, 5.41) is 2.39. The minimum atomic E-state index is -4.61. The van der Waals surface area contributed by atoms with Gasteiger partial charge in [0.2, 0.25) is 11.9 Å². The number of hydrogen-bond donors (Lipinski definition) is 1. The Kier molecular flexibility index (Phi) is 4.35. The van der Waals surface area contributed by atoms with E-state index in [1.165, 1.54) is 23.1 Å². The molecule has 5 rings (SSSR count). The van der Waals surface area contributed by atoms with Crippen LogP contribution in [0.1, 0.15) is 40.7 Å². The molecule has 11 heteroatoms. The van der Waals surface area contributed by atoms with E-state index < -0.39 is 47.2 Å². The number of nitrogens with one attached hydrogen (secondary N) is 1. The van der Waals surface area contributed by atoms with E-state index in [1.807, 2.05) is 0 Å². The van der Waals surface area contributed by atoms with Gasteiger partial charge in [0.1, 0.15) is 12.2 Å². The molecule has 0 bridgehead atoms. The van der Waals surface area contributed by atoms with E-state index in [9.17, 15) is 31.5 Å². The second-order valence-electron chi connectivity index (χ2n) is 8.64. The van der Waals surface area contributed by atoms with E-state index in [2.05, 4.69) is 15.3 Å². The zero-order valence-electron chi connectivity index (χ0n) is 16.5. The fourth-order valence-electron chi connectivity index (χ4n) is 4.47. The Balaban J connectivity index is 1.36. The second kappa shape index (κ2) is 6.69. The van der Waals surface area contributed by atoms with Gasteiger partial charge in [-0.25, -0.2) is 18.7 Å². The van der Waals surface area contributed by atoms with E-state index in [0.717, 1.165) is 12.4 Å². The highest BCUT2D eigenvalue weighted by Gasteiger charge is 2.69. The predicted molar refractivity (Wildman–Crippen MR) is 101 cm³/mol. The predicted octanol–water partition coefficient (Wildman–Crippen LogP) is 3.49. The first kappa shape index (κ1) is 20.8. The molecule has 1 aromatic carbocycles. The van der Waals surface area contributed by atoms with Crippen LogP contribution in [0, 0.1) is 11.7 Å². The van der Waals surface area contributed by atoms with Crippen LogP contribution in [0.15, 0.2) is 30.6 Å². The number of carbonyl (C=O) groups is 2. The Labute approximate surface area is 178 Å². The molecule has 1 aliphatic heterocycles. The van der Waals surface area contributed by atoms with Crippen LogP contribution in [0.3, 0.4) is 0 Å². The van der Waals surface area contributed by atoms with Crippen LogP contribution < -0.4 is 5.32 Å². The lowest BCUT2D eigenvalue weighted by molar-refractivity contribution is -0.158. The summed E-state index contributed by atoms with van der Waals surface area (Å²) in [4.78, 5) is 33.9. The molecule has 2 heterocycles. The minimum Gasteiger partial charge on any atom is -0.328 e. The van der Waals surface area contributed by atoms with Crippen LogP contribution in [-0.2, 0) is 15.9 Å². The number of alkyl halides is 4. The number of anilines is 1. The average Bonchev–Trinajstić information content (AvgIpc) is 3.64. The van der Waals surface area contributed by atoms with Crippen molar-refractivity contribution in [2.45, 2.75) is 36.5 Å². The molecular weight excluding hydrogens is 435 g/mol. The van der Waals surface area contributed by atoms with Gasteiger partial charge in [-0.1, -0.05) is 12.1 Å². The molecule has 2 saturated carbocycles. The van der Waals surface area contributed by atoms with Crippen LogP contribution in [0.5, 0.6) is 0 Å². The van der Waals surface area contributed by atoms with Gasteiger partial charge < -0.3 is 4.90 Å². The maximum atomic E-state index is 14.9. The third-order valence-electron chi connectivity index (χ3n) is 6.43. The second-order valence-corrected chi connectivity index (χ2v) is 8.64. The lowest BCUT2D eigenvalue weighted by atomic mass is 9.84. The van der Waals surface area contributed by atoms with Crippen molar-refractivity contribution >= 4 is 17.8 Å². The topological polar surface area (TPSA) is 75.2 Å². The maximum Gasteiger partial charge on any atom is 0.395 e. The lowest BCUT2D eigenvalue weighted by Crippen LogP contribution is -2.47. The molecule has 1 spiro atoms. The normalized spacial score (nSPS) is 25.5. The number of halogens is 5. The highest BCUT2D eigenvalue weighted by Crippen LogP contribution is 2.63. The van der Waals surface area contributed by atoms with Crippen molar-refractivity contribution in [3.05, 3.63) is 53.1 Å². The first-order valence-corrected chi connectivity index (χ1v) is 9.99. The van der Waals surface area contributed by atoms with Crippen molar-refractivity contribution in [1.82, 2.24) is 14.9 Å². The van der Waals surface area contributed by atoms with Gasteiger partial charge in [-0.05, 0) is 30.0 Å². The first-order chi connectivity index (χ1) is 15.0. The molecule has 168 valence electrons. The average molecular weight is 452 g/mol. The lowest BCUT2D eigenvalue weighted by Gasteiger charge is -2.34. The fourth-order valence-corrected chi connectivity index (χ4v) is 4.47. The van der Waals surface area contributed by atoms with E-state index in [4.69, 9.17) is 0 Å². The number of hydrogen-bond acceptors (Lipinski definition) is 4. The van der Waals surface area contributed by atoms with Gasteiger partial charge in [0.25, 0.3) is 5.91 Å². The van der Waals surface area contributed by atoms with E-state index in [1.54, 1.807) is 0 Å². The van der Waals surface area contributed by atoms with Crippen LogP contribution in [0.2, 0.25) is 0 Å². The van der Waals surface area contributed by atoms with Gasteiger partial charge in [-0.2, -0.15) is 13.2 Å². The summed E-state index contributed by atoms with van der Waals surface area (Å²) in [5.74, 6) is -3.84. The van der Waals surface area contributed by atoms with Crippen molar-refractivity contribution in [2.75, 3.05) is 18.4 Å². The quantitative estimate of drug-likeness (QED) is 0.721. The molecule has 3 aliphatic rings. The van der Waals surface area contributed by atoms with Gasteiger partial charge in [-0.3, -0.25) is 14.9 Å². The summed E-state index contributed by atoms with van der Waals surface area (Å²) in [6.07, 6.45) is -2.09. The highest BCUT2D eigenvalue weighted by molar-refractivity contribution is 6.01. The molecule has 1 aromatic heterocycles. The van der Waals surface area contributed by atoms with Crippen molar-refractivity contribution in [3.63, 3.8) is 0 Å². The largest absolute Gasteiger partial charge is 0.395 e. The van der Waals surface area contributed by atoms with Gasteiger partial charge in [-0.15, -0.1) is 0 Å². The molecular formula is C21H17F5N4O2. The Morgan fingerprint density at radius 3 is 2.50 bits per heavy atom. The van der Waals surface area contributed by atoms with Crippen molar-refractivity contribution in [1.29, 1.82) is 0 Å². The van der Waals surface area contributed by atoms with Gasteiger partial charge in [0.15, 0.2) is 5.82 Å². The fraction of sp³-hybridized carbons (Fsp3) is 0.429. The third kappa shape index (κ3) is 3.39. The van der Waals surface area contributed by atoms with Gasteiger partial charge in [0.05, 0.1) is 18.3 Å². The number of rotatable bonds is 4. The summed E-state index contributed by atoms with van der Waals surface area (Å²) >= 11 is 0. The summed E-state index contributed by atoms with van der Waals surface area (Å²) in [5.41, 5.74) is -2.21. The molecule has 32 heavy (non-hydrogen) atoms. The van der Waals surface area contributed by atoms with Crippen LogP contribution in [-0.4, -0.2) is 45.9 Å². The van der Waals surface area contributed by atoms with Crippen molar-refractivity contribution < 1.29 is 31.5 Å². The molecule has 2 fully saturated rings. The molecule has 2 amide bonds. The summed E-state index contributed by atoms with van der Waals surface area (Å²) in [6, 6.07) is 3.98. The number of amides is 2. The van der Waals surface area contributed by atoms with Crippen molar-refractivity contribution in [2.24, 2.45) is 5.92 Å². The van der Waals surface area contributed by atoms with Gasteiger partial charge in [0, 0.05) is 23.9 Å². The Bertz CT molecular complexity index is 1120. The molecule has 0 saturated heterocycles. The van der Waals surface area contributed by atoms with E-state index in [0.29, 0.717) is 18.4 Å². The minimum absolute atomic E-state index is 0.0581. The monoisotopic (exact) mass is 452 g/mol. The smallest absolute Gasteiger partial charge is 0.328 e. The number of benzene rings is 1. The molecule has 0 unspecified atom stereocenters. The number of fused-ring (bicyclic) bond motifs is 2. The summed E-state index contributed by atoms with van der Waals surface area (Å²) in [7, 11) is 0. The van der Waals surface area contributed by atoms with Crippen LogP contribution in [0.25, 0.3) is 0 Å². The maximum absolute atomic E-state index is 14.9. The van der Waals surface area contributed by atoms with Crippen LogP contribution in [0.4, 0.5) is 27.9 Å². The molecule has 2 atom stereocenters. The van der Waals surface area contributed by atoms with Gasteiger partial charge >= 0.3 is 6.18 Å². The third-order valence-corrected chi connectivity index (χ3v) is 6.43. The Morgan fingerprint density at radius 2 is 1.91 bits per heavy atom. The standard InChI is InChI=1S/C21H17F5N4O2/c22-12-7-27-18(28-8-12)29-16(31)9-30-10-19(3-4-19)14-5-11(1-2-13(14)17(30)32)20(23)6-15(20)21(24,25)26/h1-2,5,7-8,15H,3-4,6,9-10H2,(H,27,28,29,31)/t15-,20-/m0/s1. The first-order valence-electron chi connectivity index (χ1n) is 9.99. The Morgan fingerprint density at radius 1 is 1.22 bits per heavy atom. The zero-order valence-corrected chi connectivity index (χ0v) is 16.5. The number of carbonyl (C=O) groups excluding carboxylic acids is 2. The molecule has 2 aliphatic carbocycles. The number of nitrogens with zero attached hydrogens (tertiary/aromatic N) is 3.